The average molecular weight is 504 g/mol. The van der Waals surface area contributed by atoms with Crippen molar-refractivity contribution in [3.63, 3.8) is 0 Å². The number of carbonyl (C=O) groups excluding carboxylic acids is 2. The Balaban J connectivity index is 2.00. The van der Waals surface area contributed by atoms with E-state index >= 15 is 0 Å². The predicted molar refractivity (Wildman–Crippen MR) is 132 cm³/mol. The number of rotatable bonds is 8. The van der Waals surface area contributed by atoms with Gasteiger partial charge in [-0.3, -0.25) is 9.59 Å². The second-order valence-electron chi connectivity index (χ2n) is 8.10. The van der Waals surface area contributed by atoms with E-state index in [1.54, 1.807) is 11.6 Å². The minimum absolute atomic E-state index is 0.0756. The van der Waals surface area contributed by atoms with Gasteiger partial charge < -0.3 is 9.30 Å². The maximum atomic E-state index is 12.9. The van der Waals surface area contributed by atoms with E-state index in [2.05, 4.69) is 4.99 Å². The fourth-order valence-electron chi connectivity index (χ4n) is 3.62. The molecule has 10 heteroatoms. The van der Waals surface area contributed by atoms with Gasteiger partial charge in [-0.25, -0.2) is 12.7 Å². The van der Waals surface area contributed by atoms with Crippen LogP contribution in [0.5, 0.6) is 0 Å². The molecule has 0 radical (unpaired) electrons. The molecule has 1 heterocycles. The van der Waals surface area contributed by atoms with Crippen LogP contribution in [-0.4, -0.2) is 49.9 Å². The van der Waals surface area contributed by atoms with Crippen LogP contribution in [0.1, 0.15) is 41.3 Å². The van der Waals surface area contributed by atoms with Crippen molar-refractivity contribution >= 4 is 43.5 Å². The Morgan fingerprint density at radius 2 is 1.82 bits per heavy atom. The van der Waals surface area contributed by atoms with Crippen LogP contribution in [-0.2, 0) is 26.1 Å². The molecule has 0 bridgehead atoms. The summed E-state index contributed by atoms with van der Waals surface area (Å²) in [5.41, 5.74) is 3.11. The van der Waals surface area contributed by atoms with Gasteiger partial charge in [0.15, 0.2) is 4.80 Å². The number of aromatic nitrogens is 1. The van der Waals surface area contributed by atoms with Crippen LogP contribution in [0.3, 0.4) is 0 Å². The lowest BCUT2D eigenvalue weighted by atomic mass is 10.1. The third-order valence-electron chi connectivity index (χ3n) is 5.46. The number of esters is 1. The molecule has 34 heavy (non-hydrogen) atoms. The van der Waals surface area contributed by atoms with Crippen LogP contribution in [0.25, 0.3) is 10.2 Å². The molecule has 0 aliphatic carbocycles. The van der Waals surface area contributed by atoms with Gasteiger partial charge in [0.25, 0.3) is 5.91 Å². The highest BCUT2D eigenvalue weighted by Crippen LogP contribution is 2.23. The third kappa shape index (κ3) is 5.45. The fourth-order valence-corrected chi connectivity index (χ4v) is 6.03. The molecule has 0 aliphatic heterocycles. The summed E-state index contributed by atoms with van der Waals surface area (Å²) in [5.74, 6) is -0.974. The topological polar surface area (TPSA) is 98.0 Å². The minimum atomic E-state index is -3.62. The first-order valence-electron chi connectivity index (χ1n) is 10.9. The van der Waals surface area contributed by atoms with Crippen LogP contribution in [0.2, 0.25) is 0 Å². The lowest BCUT2D eigenvalue weighted by Crippen LogP contribution is -2.27. The molecule has 0 saturated heterocycles. The zero-order chi connectivity index (χ0) is 25.0. The molecule has 0 unspecified atom stereocenters. The number of amides is 1. The van der Waals surface area contributed by atoms with Crippen LogP contribution in [0.4, 0.5) is 0 Å². The van der Waals surface area contributed by atoms with Crippen molar-refractivity contribution in [2.24, 2.45) is 4.99 Å². The molecule has 0 aliphatic rings. The number of nitrogens with zero attached hydrogens (tertiary/aromatic N) is 3. The lowest BCUT2D eigenvalue weighted by Gasteiger charge is -2.16. The van der Waals surface area contributed by atoms with Crippen molar-refractivity contribution in [1.29, 1.82) is 0 Å². The van der Waals surface area contributed by atoms with Gasteiger partial charge in [-0.05, 0) is 61.7 Å². The van der Waals surface area contributed by atoms with Gasteiger partial charge in [-0.15, -0.1) is 0 Å². The predicted octanol–water partition coefficient (Wildman–Crippen LogP) is 3.65. The summed E-state index contributed by atoms with van der Waals surface area (Å²) in [6.45, 7) is 6.28. The van der Waals surface area contributed by atoms with E-state index in [1.165, 1.54) is 47.0 Å². The number of carbonyl (C=O) groups is 2. The number of methoxy groups -OCH3 is 1. The molecule has 0 saturated carbocycles. The zero-order valence-electron chi connectivity index (χ0n) is 20.0. The van der Waals surface area contributed by atoms with Crippen LogP contribution >= 0.6 is 11.3 Å². The summed E-state index contributed by atoms with van der Waals surface area (Å²) < 4.78 is 34.2. The molecule has 3 rings (SSSR count). The first-order valence-corrected chi connectivity index (χ1v) is 13.2. The standard InChI is InChI=1S/C24H29N3O5S2/c1-6-7-12-26(4)34(30,31)19-10-8-18(9-11-19)23(29)25-24-27(15-21(28)32-5)22-17(3)13-16(2)14-20(22)33-24/h8-11,13-14H,6-7,12,15H2,1-5H3. The van der Waals surface area contributed by atoms with Gasteiger partial charge in [-0.1, -0.05) is 30.7 Å². The molecular weight excluding hydrogens is 474 g/mol. The second kappa shape index (κ2) is 10.6. The van der Waals surface area contributed by atoms with Crippen molar-refractivity contribution in [3.05, 3.63) is 57.9 Å². The third-order valence-corrected chi connectivity index (χ3v) is 8.36. The van der Waals surface area contributed by atoms with Gasteiger partial charge in [0.1, 0.15) is 6.54 Å². The van der Waals surface area contributed by atoms with Crippen molar-refractivity contribution < 1.29 is 22.7 Å². The normalized spacial score (nSPS) is 12.5. The zero-order valence-corrected chi connectivity index (χ0v) is 21.6. The van der Waals surface area contributed by atoms with Crippen molar-refractivity contribution in [3.8, 4) is 0 Å². The number of unbranched alkanes of at least 4 members (excludes halogenated alkanes) is 1. The molecule has 182 valence electrons. The Morgan fingerprint density at radius 3 is 2.44 bits per heavy atom. The highest BCUT2D eigenvalue weighted by Gasteiger charge is 2.21. The summed E-state index contributed by atoms with van der Waals surface area (Å²) in [7, 11) is -0.766. The van der Waals surface area contributed by atoms with E-state index in [4.69, 9.17) is 4.74 Å². The number of ether oxygens (including phenoxy) is 1. The van der Waals surface area contributed by atoms with Crippen LogP contribution in [0.15, 0.2) is 46.3 Å². The van der Waals surface area contributed by atoms with E-state index in [9.17, 15) is 18.0 Å². The van der Waals surface area contributed by atoms with Crippen molar-refractivity contribution in [1.82, 2.24) is 8.87 Å². The fraction of sp³-hybridized carbons (Fsp3) is 0.375. The molecule has 0 N–H and O–H groups in total. The first-order chi connectivity index (χ1) is 16.1. The van der Waals surface area contributed by atoms with Crippen LogP contribution in [0, 0.1) is 13.8 Å². The molecular formula is C24H29N3O5S2. The molecule has 0 atom stereocenters. The minimum Gasteiger partial charge on any atom is -0.468 e. The van der Waals surface area contributed by atoms with Gasteiger partial charge >= 0.3 is 5.97 Å². The van der Waals surface area contributed by atoms with E-state index in [0.29, 0.717) is 11.3 Å². The number of hydrogen-bond donors (Lipinski definition) is 0. The van der Waals surface area contributed by atoms with Crippen LogP contribution < -0.4 is 4.80 Å². The summed E-state index contributed by atoms with van der Waals surface area (Å²) >= 11 is 1.31. The van der Waals surface area contributed by atoms with E-state index in [-0.39, 0.29) is 17.0 Å². The molecule has 3 aromatic rings. The van der Waals surface area contributed by atoms with Gasteiger partial charge in [0.2, 0.25) is 10.0 Å². The summed E-state index contributed by atoms with van der Waals surface area (Å²) in [6, 6.07) is 9.74. The lowest BCUT2D eigenvalue weighted by molar-refractivity contribution is -0.141. The highest BCUT2D eigenvalue weighted by molar-refractivity contribution is 7.89. The average Bonchev–Trinajstić information content (AvgIpc) is 3.13. The smallest absolute Gasteiger partial charge is 0.325 e. The Hall–Kier alpha value is -2.82. The Bertz CT molecular complexity index is 1390. The summed E-state index contributed by atoms with van der Waals surface area (Å²) in [4.78, 5) is 29.7. The maximum Gasteiger partial charge on any atom is 0.325 e. The number of hydrogen-bond acceptors (Lipinski definition) is 6. The van der Waals surface area contributed by atoms with Gasteiger partial charge in [0, 0.05) is 19.2 Å². The second-order valence-corrected chi connectivity index (χ2v) is 11.2. The summed E-state index contributed by atoms with van der Waals surface area (Å²) in [5, 5.41) is 0. The monoisotopic (exact) mass is 503 g/mol. The molecule has 8 nitrogen and oxygen atoms in total. The number of benzene rings is 2. The number of sulfonamides is 1. The maximum absolute atomic E-state index is 12.9. The number of fused-ring (bicyclic) bond motifs is 1. The van der Waals surface area contributed by atoms with E-state index in [0.717, 1.165) is 34.2 Å². The molecule has 2 aromatic carbocycles. The quantitative estimate of drug-likeness (QED) is 0.437. The van der Waals surface area contributed by atoms with Gasteiger partial charge in [0.05, 0.1) is 22.2 Å². The van der Waals surface area contributed by atoms with Gasteiger partial charge in [-0.2, -0.15) is 4.99 Å². The highest BCUT2D eigenvalue weighted by atomic mass is 32.2. The molecule has 0 fully saturated rings. The van der Waals surface area contributed by atoms with E-state index in [1.807, 2.05) is 32.9 Å². The Morgan fingerprint density at radius 1 is 1.15 bits per heavy atom. The molecule has 1 aromatic heterocycles. The van der Waals surface area contributed by atoms with E-state index < -0.39 is 21.9 Å². The molecule has 0 spiro atoms. The van der Waals surface area contributed by atoms with Crippen molar-refractivity contribution in [2.75, 3.05) is 20.7 Å². The number of aryl methyl sites for hydroxylation is 2. The SMILES string of the molecule is CCCCN(C)S(=O)(=O)c1ccc(C(=O)N=c2sc3cc(C)cc(C)c3n2CC(=O)OC)cc1. The Labute approximate surface area is 203 Å². The summed E-state index contributed by atoms with van der Waals surface area (Å²) in [6.07, 6.45) is 1.66. The molecule has 1 amide bonds. The number of thiazole rings is 1. The first kappa shape index (κ1) is 25.8. The van der Waals surface area contributed by atoms with Crippen molar-refractivity contribution in [2.45, 2.75) is 45.1 Å². The Kier molecular flexibility index (Phi) is 8.06. The largest absolute Gasteiger partial charge is 0.468 e.